The van der Waals surface area contributed by atoms with E-state index in [4.69, 9.17) is 9.47 Å². The summed E-state index contributed by atoms with van der Waals surface area (Å²) in [6.45, 7) is 3.26. The summed E-state index contributed by atoms with van der Waals surface area (Å²) in [6, 6.07) is 8.23. The summed E-state index contributed by atoms with van der Waals surface area (Å²) in [5.41, 5.74) is 0.245. The van der Waals surface area contributed by atoms with Crippen molar-refractivity contribution in [3.8, 4) is 23.0 Å². The molecule has 3 N–H and O–H groups in total. The molecule has 0 aromatic heterocycles. The topological polar surface area (TPSA) is 113 Å². The summed E-state index contributed by atoms with van der Waals surface area (Å²) < 4.78 is 11.1. The Morgan fingerprint density at radius 1 is 1.12 bits per heavy atom. The summed E-state index contributed by atoms with van der Waals surface area (Å²) in [5.74, 6) is -2.53. The number of hydrogen-bond donors (Lipinski definition) is 3. The van der Waals surface area contributed by atoms with E-state index in [1.54, 1.807) is 26.0 Å². The van der Waals surface area contributed by atoms with Crippen LogP contribution in [0.3, 0.4) is 0 Å². The summed E-state index contributed by atoms with van der Waals surface area (Å²) in [4.78, 5) is 25.0. The predicted octanol–water partition coefficient (Wildman–Crippen LogP) is 2.69. The van der Waals surface area contributed by atoms with Gasteiger partial charge in [0.05, 0.1) is 5.92 Å². The fourth-order valence-electron chi connectivity index (χ4n) is 2.73. The van der Waals surface area contributed by atoms with Gasteiger partial charge in [-0.05, 0) is 12.1 Å². The molecule has 7 nitrogen and oxygen atoms in total. The molecule has 0 saturated carbocycles. The van der Waals surface area contributed by atoms with Gasteiger partial charge in [-0.3, -0.25) is 9.59 Å². The van der Waals surface area contributed by atoms with Crippen molar-refractivity contribution < 1.29 is 34.4 Å². The van der Waals surface area contributed by atoms with Crippen molar-refractivity contribution in [3.63, 3.8) is 0 Å². The van der Waals surface area contributed by atoms with Gasteiger partial charge >= 0.3 is 5.97 Å². The van der Waals surface area contributed by atoms with Crippen molar-refractivity contribution in [1.29, 1.82) is 0 Å². The number of ketones is 1. The molecule has 1 aliphatic heterocycles. The molecule has 1 heterocycles. The van der Waals surface area contributed by atoms with Crippen LogP contribution in [0.25, 0.3) is 0 Å². The third-order valence-electron chi connectivity index (χ3n) is 4.01. The number of aromatic hydroxyl groups is 3. The third-order valence-corrected chi connectivity index (χ3v) is 4.01. The molecule has 1 aliphatic rings. The van der Waals surface area contributed by atoms with Gasteiger partial charge in [-0.25, -0.2) is 0 Å². The molecule has 2 aromatic carbocycles. The number of hydrogen-bond acceptors (Lipinski definition) is 7. The normalized spacial score (nSPS) is 19.0. The van der Waals surface area contributed by atoms with Crippen LogP contribution in [0, 0.1) is 5.92 Å². The Hall–Kier alpha value is -3.22. The second-order valence-corrected chi connectivity index (χ2v) is 6.35. The number of phenols is 3. The van der Waals surface area contributed by atoms with E-state index >= 15 is 0 Å². The van der Waals surface area contributed by atoms with E-state index in [9.17, 15) is 24.9 Å². The van der Waals surface area contributed by atoms with Gasteiger partial charge in [0.2, 0.25) is 11.9 Å². The molecular formula is C19H18O7. The molecule has 26 heavy (non-hydrogen) atoms. The SMILES string of the molecule is CC(C)C(=O)OC1C(=O)c2c(O)cc(O)cc2OC1c1cccc(O)c1. The number of esters is 1. The summed E-state index contributed by atoms with van der Waals surface area (Å²) >= 11 is 0. The molecule has 0 radical (unpaired) electrons. The highest BCUT2D eigenvalue weighted by atomic mass is 16.6. The van der Waals surface area contributed by atoms with E-state index in [1.807, 2.05) is 0 Å². The smallest absolute Gasteiger partial charge is 0.309 e. The molecule has 7 heteroatoms. The summed E-state index contributed by atoms with van der Waals surface area (Å²) in [7, 11) is 0. The highest BCUT2D eigenvalue weighted by molar-refractivity contribution is 6.06. The van der Waals surface area contributed by atoms with Crippen molar-refractivity contribution in [2.45, 2.75) is 26.1 Å². The van der Waals surface area contributed by atoms with Gasteiger partial charge in [-0.2, -0.15) is 0 Å². The van der Waals surface area contributed by atoms with Crippen LogP contribution in [0.15, 0.2) is 36.4 Å². The van der Waals surface area contributed by atoms with E-state index in [0.717, 1.165) is 6.07 Å². The van der Waals surface area contributed by atoms with Gasteiger partial charge in [0.1, 0.15) is 28.6 Å². The predicted molar refractivity (Wildman–Crippen MR) is 90.3 cm³/mol. The first kappa shape index (κ1) is 17.6. The van der Waals surface area contributed by atoms with Crippen molar-refractivity contribution in [2.24, 2.45) is 5.92 Å². The number of ether oxygens (including phenoxy) is 2. The van der Waals surface area contributed by atoms with Crippen molar-refractivity contribution in [1.82, 2.24) is 0 Å². The average molecular weight is 358 g/mol. The van der Waals surface area contributed by atoms with Crippen LogP contribution in [0.1, 0.15) is 35.9 Å². The Morgan fingerprint density at radius 2 is 1.85 bits per heavy atom. The number of Topliss-reactive ketones (excluding diaryl/α,β-unsaturated/α-hetero) is 1. The Morgan fingerprint density at radius 3 is 2.50 bits per heavy atom. The largest absolute Gasteiger partial charge is 0.508 e. The van der Waals surface area contributed by atoms with E-state index in [2.05, 4.69) is 0 Å². The van der Waals surface area contributed by atoms with Crippen LogP contribution < -0.4 is 4.74 Å². The molecule has 0 fully saturated rings. The molecule has 0 aliphatic carbocycles. The maximum atomic E-state index is 12.9. The Bertz CT molecular complexity index is 872. The summed E-state index contributed by atoms with van der Waals surface area (Å²) in [6.07, 6.45) is -2.37. The quantitative estimate of drug-likeness (QED) is 0.723. The Labute approximate surface area is 149 Å². The zero-order valence-electron chi connectivity index (χ0n) is 14.2. The minimum atomic E-state index is -1.34. The average Bonchev–Trinajstić information content (AvgIpc) is 2.56. The highest BCUT2D eigenvalue weighted by Crippen LogP contribution is 2.43. The molecule has 0 spiro atoms. The van der Waals surface area contributed by atoms with E-state index in [-0.39, 0.29) is 22.8 Å². The minimum absolute atomic E-state index is 0.0299. The van der Waals surface area contributed by atoms with Gasteiger partial charge in [0, 0.05) is 17.7 Å². The lowest BCUT2D eigenvalue weighted by Gasteiger charge is -2.33. The van der Waals surface area contributed by atoms with Crippen molar-refractivity contribution >= 4 is 11.8 Å². The Kier molecular flexibility index (Phi) is 4.46. The molecule has 2 aromatic rings. The minimum Gasteiger partial charge on any atom is -0.508 e. The zero-order chi connectivity index (χ0) is 19.0. The highest BCUT2D eigenvalue weighted by Gasteiger charge is 2.43. The molecule has 2 unspecified atom stereocenters. The van der Waals surface area contributed by atoms with Gasteiger partial charge < -0.3 is 24.8 Å². The lowest BCUT2D eigenvalue weighted by atomic mass is 9.92. The first-order chi connectivity index (χ1) is 12.3. The molecular weight excluding hydrogens is 340 g/mol. The third kappa shape index (κ3) is 3.15. The fourth-order valence-corrected chi connectivity index (χ4v) is 2.73. The van der Waals surface area contributed by atoms with Crippen LogP contribution in [0.4, 0.5) is 0 Å². The zero-order valence-corrected chi connectivity index (χ0v) is 14.2. The number of rotatable bonds is 3. The number of carbonyl (C=O) groups excluding carboxylic acids is 2. The monoisotopic (exact) mass is 358 g/mol. The van der Waals surface area contributed by atoms with Crippen LogP contribution in [-0.4, -0.2) is 33.2 Å². The fraction of sp³-hybridized carbons (Fsp3) is 0.263. The molecule has 3 rings (SSSR count). The number of fused-ring (bicyclic) bond motifs is 1. The lowest BCUT2D eigenvalue weighted by molar-refractivity contribution is -0.155. The summed E-state index contributed by atoms with van der Waals surface area (Å²) in [5, 5.41) is 29.4. The second-order valence-electron chi connectivity index (χ2n) is 6.35. The first-order valence-electron chi connectivity index (χ1n) is 8.04. The van der Waals surface area contributed by atoms with E-state index < -0.39 is 35.6 Å². The molecule has 0 amide bonds. The van der Waals surface area contributed by atoms with Gasteiger partial charge in [-0.1, -0.05) is 26.0 Å². The molecule has 0 saturated heterocycles. The molecule has 0 bridgehead atoms. The lowest BCUT2D eigenvalue weighted by Crippen LogP contribution is -2.40. The molecule has 2 atom stereocenters. The van der Waals surface area contributed by atoms with Crippen LogP contribution in [-0.2, 0) is 9.53 Å². The number of carbonyl (C=O) groups is 2. The molecule has 136 valence electrons. The van der Waals surface area contributed by atoms with Crippen LogP contribution >= 0.6 is 0 Å². The maximum Gasteiger partial charge on any atom is 0.309 e. The van der Waals surface area contributed by atoms with Crippen LogP contribution in [0.2, 0.25) is 0 Å². The van der Waals surface area contributed by atoms with E-state index in [1.165, 1.54) is 18.2 Å². The van der Waals surface area contributed by atoms with Crippen molar-refractivity contribution in [2.75, 3.05) is 0 Å². The van der Waals surface area contributed by atoms with Gasteiger partial charge in [0.25, 0.3) is 0 Å². The number of phenolic OH excluding ortho intramolecular Hbond substituents is 3. The van der Waals surface area contributed by atoms with Gasteiger partial charge in [-0.15, -0.1) is 0 Å². The van der Waals surface area contributed by atoms with Crippen LogP contribution in [0.5, 0.6) is 23.0 Å². The van der Waals surface area contributed by atoms with E-state index in [0.29, 0.717) is 5.56 Å². The van der Waals surface area contributed by atoms with Gasteiger partial charge in [0.15, 0.2) is 6.10 Å². The number of benzene rings is 2. The first-order valence-corrected chi connectivity index (χ1v) is 8.04. The standard InChI is InChI=1S/C19H18O7/c1-9(2)19(24)26-18-16(23)15-13(22)7-12(21)8-14(15)25-17(18)10-4-3-5-11(20)6-10/h3-9,17-18,20-22H,1-2H3. The second kappa shape index (κ2) is 6.59. The Balaban J connectivity index is 2.10. The van der Waals surface area contributed by atoms with Crippen molar-refractivity contribution in [3.05, 3.63) is 47.5 Å². The maximum absolute atomic E-state index is 12.9.